The number of phenols is 1. The molecule has 0 saturated heterocycles. The van der Waals surface area contributed by atoms with Crippen LogP contribution in [0.1, 0.15) is 48.4 Å². The first-order chi connectivity index (χ1) is 13.3. The minimum atomic E-state index is -0.780. The zero-order valence-corrected chi connectivity index (χ0v) is 16.1. The second-order valence-corrected chi connectivity index (χ2v) is 7.90. The highest BCUT2D eigenvalue weighted by Gasteiger charge is 2.37. The number of ketones is 1. The normalized spacial score (nSPS) is 20.0. The molecule has 6 nitrogen and oxygen atoms in total. The van der Waals surface area contributed by atoms with Crippen molar-refractivity contribution in [2.75, 3.05) is 6.79 Å². The number of para-hydroxylation sites is 1. The number of fused-ring (bicyclic) bond motifs is 2. The summed E-state index contributed by atoms with van der Waals surface area (Å²) in [5.41, 5.74) is 1.85. The maximum Gasteiger partial charge on any atom is 0.198 e. The summed E-state index contributed by atoms with van der Waals surface area (Å²) >= 11 is 0. The van der Waals surface area contributed by atoms with Crippen molar-refractivity contribution in [1.82, 2.24) is 5.32 Å². The van der Waals surface area contributed by atoms with E-state index in [0.717, 1.165) is 0 Å². The van der Waals surface area contributed by atoms with Crippen LogP contribution in [0.3, 0.4) is 0 Å². The maximum absolute atomic E-state index is 13.3. The number of nitrogens with one attached hydrogen (secondary N) is 1. The average Bonchev–Trinajstić information content (AvgIpc) is 2.66. The molecule has 0 bridgehead atoms. The molecule has 0 amide bonds. The lowest BCUT2D eigenvalue weighted by Gasteiger charge is -2.32. The summed E-state index contributed by atoms with van der Waals surface area (Å²) in [6.45, 7) is 6.44. The minimum absolute atomic E-state index is 0.0340. The first-order valence-corrected chi connectivity index (χ1v) is 9.18. The van der Waals surface area contributed by atoms with E-state index < -0.39 is 6.10 Å². The van der Waals surface area contributed by atoms with Gasteiger partial charge in [0, 0.05) is 22.9 Å². The number of Topliss-reactive ketones (excluding diaryl/α,β-unsaturated/α-hetero) is 1. The van der Waals surface area contributed by atoms with Crippen LogP contribution in [0.4, 0.5) is 0 Å². The fraction of sp³-hybridized carbons (Fsp3) is 0.318. The van der Waals surface area contributed by atoms with E-state index in [0.29, 0.717) is 33.8 Å². The Morgan fingerprint density at radius 1 is 1.14 bits per heavy atom. The van der Waals surface area contributed by atoms with Gasteiger partial charge in [-0.3, -0.25) is 4.79 Å². The molecule has 146 valence electrons. The van der Waals surface area contributed by atoms with Crippen LogP contribution in [0, 0.1) is 0 Å². The standard InChI is InChI=1S/C22H23NO5/c1-22(2,3)23-10-14-20(25)13-6-4-5-7-18(13)28-21(14)19-15-11-26-12-27-17(15)9-8-16(19)24/h4-10,21,23-24H,11-12H2,1-3H3/b14-10+. The summed E-state index contributed by atoms with van der Waals surface area (Å²) < 4.78 is 17.2. The largest absolute Gasteiger partial charge is 0.507 e. The molecule has 0 fully saturated rings. The Kier molecular flexibility index (Phi) is 4.51. The second kappa shape index (κ2) is 6.87. The Labute approximate surface area is 163 Å². The Morgan fingerprint density at radius 3 is 2.71 bits per heavy atom. The molecular weight excluding hydrogens is 358 g/mol. The summed E-state index contributed by atoms with van der Waals surface area (Å²) in [5.74, 6) is 1.00. The fourth-order valence-corrected chi connectivity index (χ4v) is 3.33. The number of hydrogen-bond donors (Lipinski definition) is 2. The molecule has 0 aromatic heterocycles. The van der Waals surface area contributed by atoms with E-state index in [1.54, 1.807) is 36.5 Å². The SMILES string of the molecule is CC(C)(C)N/C=C1\C(=O)c2ccccc2OC1c1c(O)ccc2c1COCO2. The predicted octanol–water partition coefficient (Wildman–Crippen LogP) is 3.85. The van der Waals surface area contributed by atoms with Gasteiger partial charge in [0.05, 0.1) is 17.7 Å². The lowest BCUT2D eigenvalue weighted by Crippen LogP contribution is -2.34. The first kappa shape index (κ1) is 18.4. The number of carbonyl (C=O) groups excluding carboxylic acids is 1. The van der Waals surface area contributed by atoms with Crippen molar-refractivity contribution in [3.05, 3.63) is 64.9 Å². The number of benzene rings is 2. The second-order valence-electron chi connectivity index (χ2n) is 7.90. The molecule has 0 aliphatic carbocycles. The fourth-order valence-electron chi connectivity index (χ4n) is 3.33. The lowest BCUT2D eigenvalue weighted by atomic mass is 9.88. The number of carbonyl (C=O) groups is 1. The van der Waals surface area contributed by atoms with Gasteiger partial charge in [-0.2, -0.15) is 0 Å². The highest BCUT2D eigenvalue weighted by atomic mass is 16.7. The summed E-state index contributed by atoms with van der Waals surface area (Å²) in [4.78, 5) is 13.3. The average molecular weight is 381 g/mol. The van der Waals surface area contributed by atoms with E-state index in [9.17, 15) is 9.90 Å². The van der Waals surface area contributed by atoms with Crippen molar-refractivity contribution in [1.29, 1.82) is 0 Å². The third kappa shape index (κ3) is 3.31. The lowest BCUT2D eigenvalue weighted by molar-refractivity contribution is -0.0178. The zero-order chi connectivity index (χ0) is 19.9. The number of ether oxygens (including phenoxy) is 3. The maximum atomic E-state index is 13.3. The van der Waals surface area contributed by atoms with Crippen molar-refractivity contribution >= 4 is 5.78 Å². The van der Waals surface area contributed by atoms with E-state index >= 15 is 0 Å². The zero-order valence-electron chi connectivity index (χ0n) is 16.1. The topological polar surface area (TPSA) is 77.0 Å². The molecule has 2 aliphatic heterocycles. The quantitative estimate of drug-likeness (QED) is 0.770. The Bertz CT molecular complexity index is 958. The van der Waals surface area contributed by atoms with E-state index in [1.807, 2.05) is 26.8 Å². The van der Waals surface area contributed by atoms with Gasteiger partial charge in [0.25, 0.3) is 0 Å². The van der Waals surface area contributed by atoms with Crippen molar-refractivity contribution in [3.63, 3.8) is 0 Å². The van der Waals surface area contributed by atoms with E-state index in [2.05, 4.69) is 5.32 Å². The smallest absolute Gasteiger partial charge is 0.198 e. The van der Waals surface area contributed by atoms with Crippen molar-refractivity contribution in [2.45, 2.75) is 39.0 Å². The Hall–Kier alpha value is -2.99. The van der Waals surface area contributed by atoms with Crippen LogP contribution in [-0.2, 0) is 11.3 Å². The molecule has 28 heavy (non-hydrogen) atoms. The molecule has 0 radical (unpaired) electrons. The van der Waals surface area contributed by atoms with E-state index in [1.165, 1.54) is 0 Å². The van der Waals surface area contributed by atoms with Crippen molar-refractivity contribution < 1.29 is 24.1 Å². The highest BCUT2D eigenvalue weighted by Crippen LogP contribution is 2.45. The first-order valence-electron chi connectivity index (χ1n) is 9.18. The van der Waals surface area contributed by atoms with Crippen LogP contribution in [0.2, 0.25) is 0 Å². The monoisotopic (exact) mass is 381 g/mol. The number of hydrogen-bond acceptors (Lipinski definition) is 6. The van der Waals surface area contributed by atoms with Gasteiger partial charge >= 0.3 is 0 Å². The molecule has 2 N–H and O–H groups in total. The summed E-state index contributed by atoms with van der Waals surface area (Å²) in [5, 5.41) is 13.9. The molecule has 1 atom stereocenters. The van der Waals surface area contributed by atoms with Gasteiger partial charge in [0.15, 0.2) is 18.7 Å². The van der Waals surface area contributed by atoms with Crippen LogP contribution >= 0.6 is 0 Å². The van der Waals surface area contributed by atoms with Crippen molar-refractivity contribution in [3.8, 4) is 17.2 Å². The van der Waals surface area contributed by atoms with Crippen LogP contribution in [0.15, 0.2) is 48.2 Å². The third-order valence-corrected chi connectivity index (χ3v) is 4.68. The molecule has 2 aromatic carbocycles. The molecule has 0 spiro atoms. The molecular formula is C22H23NO5. The van der Waals surface area contributed by atoms with Crippen LogP contribution in [-0.4, -0.2) is 23.2 Å². The number of aromatic hydroxyl groups is 1. The summed E-state index contributed by atoms with van der Waals surface area (Å²) in [6.07, 6.45) is 0.907. The van der Waals surface area contributed by atoms with Gasteiger partial charge < -0.3 is 24.6 Å². The van der Waals surface area contributed by atoms with Gasteiger partial charge in [-0.25, -0.2) is 0 Å². The van der Waals surface area contributed by atoms with Gasteiger partial charge in [0.1, 0.15) is 17.2 Å². The van der Waals surface area contributed by atoms with Gasteiger partial charge in [-0.15, -0.1) is 0 Å². The van der Waals surface area contributed by atoms with Crippen LogP contribution in [0.25, 0.3) is 0 Å². The van der Waals surface area contributed by atoms with Gasteiger partial charge in [0.2, 0.25) is 0 Å². The summed E-state index contributed by atoms with van der Waals surface area (Å²) in [7, 11) is 0. The van der Waals surface area contributed by atoms with Crippen LogP contribution < -0.4 is 14.8 Å². The summed E-state index contributed by atoms with van der Waals surface area (Å²) in [6, 6.07) is 10.4. The molecule has 2 heterocycles. The van der Waals surface area contributed by atoms with E-state index in [4.69, 9.17) is 14.2 Å². The molecule has 2 aromatic rings. The van der Waals surface area contributed by atoms with Gasteiger partial charge in [-0.1, -0.05) is 12.1 Å². The predicted molar refractivity (Wildman–Crippen MR) is 104 cm³/mol. The van der Waals surface area contributed by atoms with Gasteiger partial charge in [-0.05, 0) is 45.0 Å². The molecule has 4 rings (SSSR count). The molecule has 0 saturated carbocycles. The molecule has 6 heteroatoms. The third-order valence-electron chi connectivity index (χ3n) is 4.68. The number of rotatable bonds is 2. The molecule has 1 unspecified atom stereocenters. The van der Waals surface area contributed by atoms with E-state index in [-0.39, 0.29) is 30.5 Å². The Balaban J connectivity index is 1.88. The van der Waals surface area contributed by atoms with Crippen LogP contribution in [0.5, 0.6) is 17.2 Å². The van der Waals surface area contributed by atoms with Crippen molar-refractivity contribution in [2.24, 2.45) is 0 Å². The number of phenolic OH excluding ortho intramolecular Hbond substituents is 1. The molecule has 2 aliphatic rings. The Morgan fingerprint density at radius 2 is 1.93 bits per heavy atom. The minimum Gasteiger partial charge on any atom is -0.507 e. The highest BCUT2D eigenvalue weighted by molar-refractivity contribution is 6.12.